The fourth-order valence-corrected chi connectivity index (χ4v) is 2.03. The summed E-state index contributed by atoms with van der Waals surface area (Å²) in [6, 6.07) is -0.690. The van der Waals surface area contributed by atoms with Crippen LogP contribution in [-0.2, 0) is 23.6 Å². The summed E-state index contributed by atoms with van der Waals surface area (Å²) in [5.41, 5.74) is -0.502. The molecule has 1 atom stereocenters. The first-order valence-electron chi connectivity index (χ1n) is 6.19. The van der Waals surface area contributed by atoms with Gasteiger partial charge in [0.2, 0.25) is 0 Å². The highest BCUT2D eigenvalue weighted by atomic mass is 16.5. The van der Waals surface area contributed by atoms with Gasteiger partial charge in [0.05, 0.1) is 12.9 Å². The number of nitrogens with zero attached hydrogens (tertiary/aromatic N) is 4. The topological polar surface area (TPSA) is 88.1 Å². The van der Waals surface area contributed by atoms with Crippen molar-refractivity contribution in [1.29, 1.82) is 0 Å². The van der Waals surface area contributed by atoms with Crippen molar-refractivity contribution < 1.29 is 9.53 Å². The second-order valence-electron chi connectivity index (χ2n) is 4.46. The van der Waals surface area contributed by atoms with E-state index in [1.54, 1.807) is 13.8 Å². The van der Waals surface area contributed by atoms with Gasteiger partial charge in [0, 0.05) is 14.1 Å². The van der Waals surface area contributed by atoms with E-state index in [4.69, 9.17) is 4.74 Å². The Morgan fingerprint density at radius 1 is 1.35 bits per heavy atom. The molecule has 8 heteroatoms. The molecule has 8 nitrogen and oxygen atoms in total. The fraction of sp³-hybridized carbons (Fsp3) is 0.500. The first-order valence-corrected chi connectivity index (χ1v) is 6.19. The summed E-state index contributed by atoms with van der Waals surface area (Å²) in [6.07, 6.45) is 1.37. The second-order valence-corrected chi connectivity index (χ2v) is 4.46. The van der Waals surface area contributed by atoms with E-state index in [9.17, 15) is 14.4 Å². The Bertz CT molecular complexity index is 783. The average Bonchev–Trinajstić information content (AvgIpc) is 2.87. The molecular formula is C12H16N4O4. The van der Waals surface area contributed by atoms with Crippen LogP contribution in [0.25, 0.3) is 11.2 Å². The van der Waals surface area contributed by atoms with Crippen molar-refractivity contribution in [3.8, 4) is 0 Å². The third-order valence-corrected chi connectivity index (χ3v) is 3.22. The van der Waals surface area contributed by atoms with Gasteiger partial charge in [-0.1, -0.05) is 0 Å². The molecular weight excluding hydrogens is 264 g/mol. The number of carbonyl (C=O) groups is 1. The Hall–Kier alpha value is -2.38. The van der Waals surface area contributed by atoms with Gasteiger partial charge in [0.1, 0.15) is 6.04 Å². The Labute approximate surface area is 114 Å². The SMILES string of the molecule is CCOC(=O)C(C)n1cnc2c1c(=O)n(C)c(=O)n2C. The molecule has 0 aliphatic carbocycles. The highest BCUT2D eigenvalue weighted by molar-refractivity contribution is 5.78. The van der Waals surface area contributed by atoms with Gasteiger partial charge >= 0.3 is 11.7 Å². The number of ether oxygens (including phenoxy) is 1. The highest BCUT2D eigenvalue weighted by Gasteiger charge is 2.22. The van der Waals surface area contributed by atoms with Gasteiger partial charge < -0.3 is 9.30 Å². The number of rotatable bonds is 3. The smallest absolute Gasteiger partial charge is 0.332 e. The summed E-state index contributed by atoms with van der Waals surface area (Å²) in [5.74, 6) is -0.456. The summed E-state index contributed by atoms with van der Waals surface area (Å²) in [4.78, 5) is 39.8. The van der Waals surface area contributed by atoms with Gasteiger partial charge in [-0.3, -0.25) is 13.9 Å². The minimum Gasteiger partial charge on any atom is -0.464 e. The van der Waals surface area contributed by atoms with Crippen molar-refractivity contribution in [2.45, 2.75) is 19.9 Å². The largest absolute Gasteiger partial charge is 0.464 e. The summed E-state index contributed by atoms with van der Waals surface area (Å²) in [6.45, 7) is 3.58. The van der Waals surface area contributed by atoms with E-state index in [0.29, 0.717) is 0 Å². The molecule has 0 spiro atoms. The van der Waals surface area contributed by atoms with Crippen LogP contribution in [0.15, 0.2) is 15.9 Å². The van der Waals surface area contributed by atoms with Crippen LogP contribution in [0.3, 0.4) is 0 Å². The number of aryl methyl sites for hydroxylation is 1. The van der Waals surface area contributed by atoms with Gasteiger partial charge in [0.15, 0.2) is 11.2 Å². The van der Waals surface area contributed by atoms with Crippen molar-refractivity contribution in [1.82, 2.24) is 18.7 Å². The predicted octanol–water partition coefficient (Wildman–Crippen LogP) is -0.442. The van der Waals surface area contributed by atoms with E-state index in [1.807, 2.05) is 0 Å². The molecule has 0 N–H and O–H groups in total. The first-order chi connectivity index (χ1) is 9.40. The molecule has 2 aromatic heterocycles. The van der Waals surface area contributed by atoms with Crippen molar-refractivity contribution in [3.05, 3.63) is 27.2 Å². The van der Waals surface area contributed by atoms with Crippen molar-refractivity contribution in [3.63, 3.8) is 0 Å². The van der Waals surface area contributed by atoms with E-state index in [0.717, 1.165) is 4.57 Å². The summed E-state index contributed by atoms with van der Waals surface area (Å²) < 4.78 is 8.61. The third-order valence-electron chi connectivity index (χ3n) is 3.22. The van der Waals surface area contributed by atoms with Crippen molar-refractivity contribution in [2.75, 3.05) is 6.61 Å². The molecule has 1 unspecified atom stereocenters. The Balaban J connectivity index is 2.72. The monoisotopic (exact) mass is 280 g/mol. The van der Waals surface area contributed by atoms with E-state index >= 15 is 0 Å². The highest BCUT2D eigenvalue weighted by Crippen LogP contribution is 2.14. The number of fused-ring (bicyclic) bond motifs is 1. The molecule has 20 heavy (non-hydrogen) atoms. The molecule has 2 rings (SSSR count). The molecule has 0 aliphatic rings. The lowest BCUT2D eigenvalue weighted by Gasteiger charge is -2.13. The maximum absolute atomic E-state index is 12.2. The zero-order valence-corrected chi connectivity index (χ0v) is 11.8. The van der Waals surface area contributed by atoms with Gasteiger partial charge in [-0.25, -0.2) is 14.6 Å². The molecule has 2 heterocycles. The summed E-state index contributed by atoms with van der Waals surface area (Å²) in [7, 11) is 2.91. The predicted molar refractivity (Wildman–Crippen MR) is 71.6 cm³/mol. The first kappa shape index (κ1) is 14.0. The average molecular weight is 280 g/mol. The van der Waals surface area contributed by atoms with Crippen LogP contribution in [0.4, 0.5) is 0 Å². The Morgan fingerprint density at radius 3 is 2.60 bits per heavy atom. The van der Waals surface area contributed by atoms with Crippen LogP contribution < -0.4 is 11.2 Å². The summed E-state index contributed by atoms with van der Waals surface area (Å²) >= 11 is 0. The fourth-order valence-electron chi connectivity index (χ4n) is 2.03. The quantitative estimate of drug-likeness (QED) is 0.711. The van der Waals surface area contributed by atoms with Gasteiger partial charge in [-0.2, -0.15) is 0 Å². The van der Waals surface area contributed by atoms with E-state index in [2.05, 4.69) is 4.98 Å². The Kier molecular flexibility index (Phi) is 3.47. The normalized spacial score (nSPS) is 12.6. The summed E-state index contributed by atoms with van der Waals surface area (Å²) in [5, 5.41) is 0. The molecule has 0 aliphatic heterocycles. The van der Waals surface area contributed by atoms with Crippen molar-refractivity contribution >= 4 is 17.1 Å². The molecule has 0 fully saturated rings. The molecule has 0 radical (unpaired) electrons. The maximum atomic E-state index is 12.2. The number of hydrogen-bond donors (Lipinski definition) is 0. The van der Waals surface area contributed by atoms with Gasteiger partial charge in [-0.05, 0) is 13.8 Å². The zero-order chi connectivity index (χ0) is 15.0. The van der Waals surface area contributed by atoms with Crippen LogP contribution >= 0.6 is 0 Å². The van der Waals surface area contributed by atoms with Gasteiger partial charge in [-0.15, -0.1) is 0 Å². The molecule has 0 saturated heterocycles. The Morgan fingerprint density at radius 2 is 2.00 bits per heavy atom. The third kappa shape index (κ3) is 1.93. The van der Waals surface area contributed by atoms with Crippen LogP contribution in [0, 0.1) is 0 Å². The van der Waals surface area contributed by atoms with E-state index < -0.39 is 23.3 Å². The van der Waals surface area contributed by atoms with Gasteiger partial charge in [0.25, 0.3) is 5.56 Å². The lowest BCUT2D eigenvalue weighted by Crippen LogP contribution is -2.38. The lowest BCUT2D eigenvalue weighted by molar-refractivity contribution is -0.146. The second kappa shape index (κ2) is 4.95. The van der Waals surface area contributed by atoms with E-state index in [1.165, 1.54) is 29.6 Å². The number of aromatic nitrogens is 4. The van der Waals surface area contributed by atoms with Crippen LogP contribution in [-0.4, -0.2) is 31.3 Å². The standard InChI is InChI=1S/C12H16N4O4/c1-5-20-11(18)7(2)16-6-13-9-8(16)10(17)15(4)12(19)14(9)3/h6-7H,5H2,1-4H3. The molecule has 108 valence electrons. The van der Waals surface area contributed by atoms with Crippen LogP contribution in [0.2, 0.25) is 0 Å². The molecule has 0 amide bonds. The number of carbonyl (C=O) groups excluding carboxylic acids is 1. The van der Waals surface area contributed by atoms with Crippen LogP contribution in [0.1, 0.15) is 19.9 Å². The number of imidazole rings is 1. The number of esters is 1. The lowest BCUT2D eigenvalue weighted by atomic mass is 10.3. The van der Waals surface area contributed by atoms with E-state index in [-0.39, 0.29) is 17.8 Å². The minimum absolute atomic E-state index is 0.204. The maximum Gasteiger partial charge on any atom is 0.332 e. The zero-order valence-electron chi connectivity index (χ0n) is 11.8. The molecule has 0 saturated carbocycles. The minimum atomic E-state index is -0.690. The number of hydrogen-bond acceptors (Lipinski definition) is 5. The van der Waals surface area contributed by atoms with Crippen LogP contribution in [0.5, 0.6) is 0 Å². The molecule has 0 bridgehead atoms. The molecule has 2 aromatic rings. The molecule has 0 aromatic carbocycles. The van der Waals surface area contributed by atoms with Crippen molar-refractivity contribution in [2.24, 2.45) is 14.1 Å².